The normalized spacial score (nSPS) is 13.4. The van der Waals surface area contributed by atoms with Crippen molar-refractivity contribution in [3.63, 3.8) is 0 Å². The van der Waals surface area contributed by atoms with Crippen LogP contribution in [0.1, 0.15) is 6.42 Å². The number of hydrogen-bond acceptors (Lipinski definition) is 1. The quantitative estimate of drug-likeness (QED) is 0.425. The van der Waals surface area contributed by atoms with Crippen molar-refractivity contribution in [1.29, 1.82) is 0 Å². The van der Waals surface area contributed by atoms with Gasteiger partial charge in [0.25, 0.3) is 0 Å². The summed E-state index contributed by atoms with van der Waals surface area (Å²) in [6, 6.07) is 0. The predicted octanol–water partition coefficient (Wildman–Crippen LogP) is 1.36. The molecule has 0 fully saturated rings. The van der Waals surface area contributed by atoms with E-state index in [1.54, 1.807) is 6.08 Å². The maximum atomic E-state index is 8.74. The highest BCUT2D eigenvalue weighted by atomic mass is 127. The van der Waals surface area contributed by atoms with Crippen molar-refractivity contribution >= 4 is 22.6 Å². The Morgan fingerprint density at radius 1 is 1.86 bits per heavy atom. The Balaban J connectivity index is 2.98. The maximum absolute atomic E-state index is 8.74. The van der Waals surface area contributed by atoms with Crippen LogP contribution in [0.15, 0.2) is 12.7 Å². The Kier molecular flexibility index (Phi) is 4.87. The van der Waals surface area contributed by atoms with Gasteiger partial charge >= 0.3 is 0 Å². The molecule has 0 aromatic rings. The second-order valence-corrected chi connectivity index (χ2v) is 2.36. The number of aliphatic hydroxyl groups is 1. The van der Waals surface area contributed by atoms with Crippen LogP contribution in [0.2, 0.25) is 0 Å². The van der Waals surface area contributed by atoms with Crippen LogP contribution in [-0.4, -0.2) is 15.6 Å². The van der Waals surface area contributed by atoms with Gasteiger partial charge in [0, 0.05) is 4.43 Å². The molecule has 0 saturated heterocycles. The van der Waals surface area contributed by atoms with Crippen LogP contribution in [0.3, 0.4) is 0 Å². The molecule has 0 bridgehead atoms. The number of alkyl halides is 1. The summed E-state index contributed by atoms with van der Waals surface area (Å²) in [6.07, 6.45) is 2.08. The molecule has 0 amide bonds. The molecule has 0 aliphatic carbocycles. The number of aliphatic hydroxyl groups excluding tert-OH is 1. The van der Waals surface area contributed by atoms with E-state index < -0.39 is 0 Å². The molecule has 7 heavy (non-hydrogen) atoms. The molecule has 2 heteroatoms. The molecule has 42 valence electrons. The molecular weight excluding hydrogens is 203 g/mol. The Morgan fingerprint density at radius 2 is 2.43 bits per heavy atom. The molecule has 0 saturated carbocycles. The summed E-state index contributed by atoms with van der Waals surface area (Å²) in [5.41, 5.74) is 0. The van der Waals surface area contributed by atoms with E-state index >= 15 is 0 Å². The molecule has 0 aliphatic rings. The predicted molar refractivity (Wildman–Crippen MR) is 39.7 cm³/mol. The molecule has 0 spiro atoms. The van der Waals surface area contributed by atoms with Crippen LogP contribution in [0, 0.1) is 0 Å². The Morgan fingerprint density at radius 3 is 2.57 bits per heavy atom. The summed E-state index contributed by atoms with van der Waals surface area (Å²) in [6.45, 7) is 3.43. The van der Waals surface area contributed by atoms with Gasteiger partial charge in [-0.2, -0.15) is 0 Å². The summed E-state index contributed by atoms with van der Waals surface area (Å²) in [5, 5.41) is 8.74. The summed E-state index contributed by atoms with van der Waals surface area (Å²) < 4.78 is 0.991. The van der Waals surface area contributed by atoms with E-state index in [1.807, 2.05) is 0 Å². The lowest BCUT2D eigenvalue weighted by Crippen LogP contribution is -2.00. The van der Waals surface area contributed by atoms with Crippen molar-refractivity contribution in [2.75, 3.05) is 4.43 Å². The Hall–Kier alpha value is 0.430. The molecule has 0 unspecified atom stereocenters. The van der Waals surface area contributed by atoms with Gasteiger partial charge in [0.1, 0.15) is 0 Å². The van der Waals surface area contributed by atoms with E-state index in [4.69, 9.17) is 5.11 Å². The third kappa shape index (κ3) is 4.28. The van der Waals surface area contributed by atoms with E-state index in [0.29, 0.717) is 0 Å². The monoisotopic (exact) mass is 212 g/mol. The molecule has 0 heterocycles. The highest BCUT2D eigenvalue weighted by Crippen LogP contribution is 1.95. The zero-order valence-corrected chi connectivity index (χ0v) is 6.26. The first-order valence-electron chi connectivity index (χ1n) is 2.18. The molecule has 0 aliphatic heterocycles. The second-order valence-electron chi connectivity index (χ2n) is 1.28. The average molecular weight is 212 g/mol. The number of hydrogen-bond donors (Lipinski definition) is 1. The number of rotatable bonds is 3. The minimum atomic E-state index is -0.295. The van der Waals surface area contributed by atoms with Crippen LogP contribution in [0.5, 0.6) is 0 Å². The fourth-order valence-corrected chi connectivity index (χ4v) is 0.868. The standard InChI is InChI=1S/C5H9IO/c1-2-5(7)3-4-6/h2,5,7H,1,3-4H2/t5-/m0/s1. The van der Waals surface area contributed by atoms with Crippen LogP contribution in [0.4, 0.5) is 0 Å². The first-order chi connectivity index (χ1) is 3.31. The van der Waals surface area contributed by atoms with Gasteiger partial charge in [-0.15, -0.1) is 6.58 Å². The van der Waals surface area contributed by atoms with Gasteiger partial charge in [0.15, 0.2) is 0 Å². The topological polar surface area (TPSA) is 20.2 Å². The van der Waals surface area contributed by atoms with E-state index in [0.717, 1.165) is 10.8 Å². The second kappa shape index (κ2) is 4.59. The van der Waals surface area contributed by atoms with Gasteiger partial charge in [-0.05, 0) is 6.42 Å². The fourth-order valence-electron chi connectivity index (χ4n) is 0.230. The summed E-state index contributed by atoms with van der Waals surface area (Å²) in [4.78, 5) is 0. The van der Waals surface area contributed by atoms with Gasteiger partial charge < -0.3 is 5.11 Å². The third-order valence-electron chi connectivity index (χ3n) is 0.677. The van der Waals surface area contributed by atoms with Crippen molar-refractivity contribution in [2.45, 2.75) is 12.5 Å². The summed E-state index contributed by atoms with van der Waals surface area (Å²) >= 11 is 2.22. The zero-order valence-electron chi connectivity index (χ0n) is 4.10. The minimum Gasteiger partial charge on any atom is -0.389 e. The summed E-state index contributed by atoms with van der Waals surface area (Å²) in [7, 11) is 0. The van der Waals surface area contributed by atoms with E-state index in [2.05, 4.69) is 29.2 Å². The molecule has 1 N–H and O–H groups in total. The largest absolute Gasteiger partial charge is 0.389 e. The zero-order chi connectivity index (χ0) is 5.70. The Bertz CT molecular complexity index is 54.0. The highest BCUT2D eigenvalue weighted by molar-refractivity contribution is 14.1. The van der Waals surface area contributed by atoms with Crippen molar-refractivity contribution in [1.82, 2.24) is 0 Å². The van der Waals surface area contributed by atoms with Gasteiger partial charge in [-0.1, -0.05) is 28.7 Å². The lowest BCUT2D eigenvalue weighted by molar-refractivity contribution is 0.221. The minimum absolute atomic E-state index is 0.295. The molecule has 0 rings (SSSR count). The van der Waals surface area contributed by atoms with E-state index in [1.165, 1.54) is 0 Å². The molecular formula is C5H9IO. The molecule has 0 aromatic carbocycles. The van der Waals surface area contributed by atoms with Crippen molar-refractivity contribution in [2.24, 2.45) is 0 Å². The van der Waals surface area contributed by atoms with Crippen LogP contribution in [-0.2, 0) is 0 Å². The van der Waals surface area contributed by atoms with E-state index in [-0.39, 0.29) is 6.10 Å². The van der Waals surface area contributed by atoms with Crippen LogP contribution in [0.25, 0.3) is 0 Å². The summed E-state index contributed by atoms with van der Waals surface area (Å²) in [5.74, 6) is 0. The molecule has 1 atom stereocenters. The maximum Gasteiger partial charge on any atom is 0.0725 e. The smallest absolute Gasteiger partial charge is 0.0725 e. The van der Waals surface area contributed by atoms with Gasteiger partial charge in [-0.3, -0.25) is 0 Å². The lowest BCUT2D eigenvalue weighted by atomic mass is 10.3. The van der Waals surface area contributed by atoms with Crippen molar-refractivity contribution in [3.8, 4) is 0 Å². The van der Waals surface area contributed by atoms with E-state index in [9.17, 15) is 0 Å². The Labute approximate surface area is 57.6 Å². The molecule has 0 radical (unpaired) electrons. The third-order valence-corrected chi connectivity index (χ3v) is 1.30. The van der Waals surface area contributed by atoms with Crippen molar-refractivity contribution in [3.05, 3.63) is 12.7 Å². The van der Waals surface area contributed by atoms with Gasteiger partial charge in [0.2, 0.25) is 0 Å². The average Bonchev–Trinajstić information content (AvgIpc) is 1.68. The first kappa shape index (κ1) is 7.43. The highest BCUT2D eigenvalue weighted by Gasteiger charge is 1.91. The SMILES string of the molecule is C=C[C@H](O)CCI. The fraction of sp³-hybridized carbons (Fsp3) is 0.600. The van der Waals surface area contributed by atoms with Gasteiger partial charge in [0.05, 0.1) is 6.10 Å². The molecule has 1 nitrogen and oxygen atoms in total. The van der Waals surface area contributed by atoms with Gasteiger partial charge in [-0.25, -0.2) is 0 Å². The lowest BCUT2D eigenvalue weighted by Gasteiger charge is -1.97. The number of halogens is 1. The first-order valence-corrected chi connectivity index (χ1v) is 3.70. The van der Waals surface area contributed by atoms with Crippen LogP contribution < -0.4 is 0 Å². The van der Waals surface area contributed by atoms with Crippen molar-refractivity contribution < 1.29 is 5.11 Å². The van der Waals surface area contributed by atoms with Crippen LogP contribution >= 0.6 is 22.6 Å². The molecule has 0 aromatic heterocycles.